The number of hydrogen-bond donors (Lipinski definition) is 1. The van der Waals surface area contributed by atoms with Crippen LogP contribution in [-0.4, -0.2) is 56.4 Å². The molecular weight excluding hydrogens is 298 g/mol. The summed E-state index contributed by atoms with van der Waals surface area (Å²) >= 11 is 0. The summed E-state index contributed by atoms with van der Waals surface area (Å²) in [6.45, 7) is 3.40. The number of amides is 2. The van der Waals surface area contributed by atoms with Crippen molar-refractivity contribution < 1.29 is 9.53 Å². The third kappa shape index (κ3) is 4.46. The summed E-state index contributed by atoms with van der Waals surface area (Å²) in [5.74, 6) is 0.679. The van der Waals surface area contributed by atoms with E-state index in [1.807, 2.05) is 11.5 Å². The molecule has 0 unspecified atom stereocenters. The first-order valence-electron chi connectivity index (χ1n) is 7.25. The van der Waals surface area contributed by atoms with Crippen molar-refractivity contribution in [1.82, 2.24) is 34.9 Å². The maximum absolute atomic E-state index is 12.3. The van der Waals surface area contributed by atoms with Crippen molar-refractivity contribution >= 4 is 6.03 Å². The van der Waals surface area contributed by atoms with E-state index >= 15 is 0 Å². The smallest absolute Gasteiger partial charge is 0.318 e. The lowest BCUT2D eigenvalue weighted by molar-refractivity contribution is 0.185. The summed E-state index contributed by atoms with van der Waals surface area (Å²) < 4.78 is 6.88. The molecule has 0 radical (unpaired) electrons. The van der Waals surface area contributed by atoms with Crippen molar-refractivity contribution in [1.29, 1.82) is 0 Å². The van der Waals surface area contributed by atoms with Gasteiger partial charge in [0.2, 0.25) is 0 Å². The Morgan fingerprint density at radius 2 is 2.35 bits per heavy atom. The maximum Gasteiger partial charge on any atom is 0.318 e. The molecule has 0 aliphatic carbocycles. The Morgan fingerprint density at radius 3 is 3.04 bits per heavy atom. The van der Waals surface area contributed by atoms with E-state index in [-0.39, 0.29) is 12.1 Å². The number of ether oxygens (including phenoxy) is 1. The average Bonchev–Trinajstić information content (AvgIpc) is 3.04. The van der Waals surface area contributed by atoms with Crippen molar-refractivity contribution in [2.45, 2.75) is 26.1 Å². The first kappa shape index (κ1) is 16.8. The molecular formula is C14H21N7O2. The van der Waals surface area contributed by atoms with Gasteiger partial charge >= 0.3 is 6.03 Å². The number of aromatic nitrogens is 5. The molecule has 0 fully saturated rings. The van der Waals surface area contributed by atoms with Gasteiger partial charge in [-0.25, -0.2) is 14.8 Å². The number of methoxy groups -OCH3 is 1. The van der Waals surface area contributed by atoms with E-state index in [9.17, 15) is 4.79 Å². The van der Waals surface area contributed by atoms with Gasteiger partial charge in [-0.2, -0.15) is 0 Å². The highest BCUT2D eigenvalue weighted by Crippen LogP contribution is 2.15. The lowest BCUT2D eigenvalue weighted by Gasteiger charge is -2.24. The second-order valence-corrected chi connectivity index (χ2v) is 5.01. The van der Waals surface area contributed by atoms with E-state index in [0.29, 0.717) is 25.5 Å². The summed E-state index contributed by atoms with van der Waals surface area (Å²) in [5, 5.41) is 10.7. The molecule has 0 aliphatic heterocycles. The number of hydrogen-bond acceptors (Lipinski definition) is 6. The highest BCUT2D eigenvalue weighted by Gasteiger charge is 2.18. The minimum Gasteiger partial charge on any atom is -0.383 e. The molecule has 9 heteroatoms. The number of carbonyl (C=O) groups is 1. The standard InChI is InChI=1S/C14H21N7O2/c1-11(12-4-5-15-9-17-12)20(2)14(22)16-8-13-19-18-10-21(13)6-7-23-3/h4-5,9-11H,6-8H2,1-3H3,(H,16,22)/t11-/m1/s1. The van der Waals surface area contributed by atoms with Gasteiger partial charge in [0.05, 0.1) is 24.9 Å². The molecule has 2 aromatic rings. The number of rotatable bonds is 7. The minimum atomic E-state index is -0.211. The van der Waals surface area contributed by atoms with Gasteiger partial charge in [-0.3, -0.25) is 0 Å². The largest absolute Gasteiger partial charge is 0.383 e. The monoisotopic (exact) mass is 319 g/mol. The molecule has 0 aromatic carbocycles. The number of nitrogens with zero attached hydrogens (tertiary/aromatic N) is 6. The van der Waals surface area contributed by atoms with Gasteiger partial charge < -0.3 is 19.5 Å². The molecule has 23 heavy (non-hydrogen) atoms. The van der Waals surface area contributed by atoms with E-state index in [1.54, 1.807) is 37.6 Å². The SMILES string of the molecule is COCCn1cnnc1CNC(=O)N(C)[C@H](C)c1ccncn1. The molecule has 0 saturated heterocycles. The molecule has 0 bridgehead atoms. The fourth-order valence-corrected chi connectivity index (χ4v) is 1.99. The first-order chi connectivity index (χ1) is 11.1. The van der Waals surface area contributed by atoms with Crippen LogP contribution in [0.5, 0.6) is 0 Å². The zero-order chi connectivity index (χ0) is 16.7. The van der Waals surface area contributed by atoms with Crippen molar-refractivity contribution in [3.63, 3.8) is 0 Å². The van der Waals surface area contributed by atoms with Gasteiger partial charge in [-0.1, -0.05) is 0 Å². The molecule has 9 nitrogen and oxygen atoms in total. The Morgan fingerprint density at radius 1 is 1.52 bits per heavy atom. The van der Waals surface area contributed by atoms with Crippen LogP contribution in [0.25, 0.3) is 0 Å². The predicted octanol–water partition coefficient (Wildman–Crippen LogP) is 0.617. The van der Waals surface area contributed by atoms with Crippen molar-refractivity contribution in [3.8, 4) is 0 Å². The number of carbonyl (C=O) groups excluding carboxylic acids is 1. The van der Waals surface area contributed by atoms with Crippen molar-refractivity contribution in [3.05, 3.63) is 36.4 Å². The van der Waals surface area contributed by atoms with Gasteiger partial charge in [0.25, 0.3) is 0 Å². The highest BCUT2D eigenvalue weighted by molar-refractivity contribution is 5.74. The third-order valence-electron chi connectivity index (χ3n) is 3.56. The molecule has 124 valence electrons. The van der Waals surface area contributed by atoms with Crippen LogP contribution in [0.4, 0.5) is 4.79 Å². The Balaban J connectivity index is 1.90. The van der Waals surface area contributed by atoms with Crippen LogP contribution in [0.15, 0.2) is 24.9 Å². The quantitative estimate of drug-likeness (QED) is 0.803. The molecule has 0 saturated carbocycles. The van der Waals surface area contributed by atoms with Crippen LogP contribution >= 0.6 is 0 Å². The summed E-state index contributed by atoms with van der Waals surface area (Å²) in [4.78, 5) is 21.9. The molecule has 2 rings (SSSR count). The van der Waals surface area contributed by atoms with Gasteiger partial charge in [0.1, 0.15) is 12.7 Å². The van der Waals surface area contributed by atoms with Crippen LogP contribution in [0.2, 0.25) is 0 Å². The summed E-state index contributed by atoms with van der Waals surface area (Å²) in [6, 6.07) is 1.41. The fourth-order valence-electron chi connectivity index (χ4n) is 1.99. The zero-order valence-electron chi connectivity index (χ0n) is 13.5. The second kappa shape index (κ2) is 8.18. The third-order valence-corrected chi connectivity index (χ3v) is 3.56. The normalized spacial score (nSPS) is 12.0. The van der Waals surface area contributed by atoms with Gasteiger partial charge in [0.15, 0.2) is 5.82 Å². The molecule has 1 atom stereocenters. The van der Waals surface area contributed by atoms with E-state index in [2.05, 4.69) is 25.5 Å². The molecule has 0 spiro atoms. The van der Waals surface area contributed by atoms with Gasteiger partial charge in [-0.15, -0.1) is 10.2 Å². The van der Waals surface area contributed by atoms with Crippen molar-refractivity contribution in [2.75, 3.05) is 20.8 Å². The van der Waals surface area contributed by atoms with Crippen LogP contribution in [-0.2, 0) is 17.8 Å². The topological polar surface area (TPSA) is 98.1 Å². The molecule has 2 aromatic heterocycles. The van der Waals surface area contributed by atoms with E-state index in [4.69, 9.17) is 4.74 Å². The summed E-state index contributed by atoms with van der Waals surface area (Å²) in [6.07, 6.45) is 4.74. The van der Waals surface area contributed by atoms with Gasteiger partial charge in [-0.05, 0) is 13.0 Å². The maximum atomic E-state index is 12.3. The fraction of sp³-hybridized carbons (Fsp3) is 0.500. The zero-order valence-corrected chi connectivity index (χ0v) is 13.5. The second-order valence-electron chi connectivity index (χ2n) is 5.01. The molecule has 2 amide bonds. The average molecular weight is 319 g/mol. The van der Waals surface area contributed by atoms with E-state index in [1.165, 1.54) is 6.33 Å². The van der Waals surface area contributed by atoms with E-state index < -0.39 is 0 Å². The minimum absolute atomic E-state index is 0.163. The Kier molecular flexibility index (Phi) is 5.98. The summed E-state index contributed by atoms with van der Waals surface area (Å²) in [5.41, 5.74) is 0.779. The molecule has 0 aliphatic rings. The Bertz CT molecular complexity index is 617. The van der Waals surface area contributed by atoms with E-state index in [0.717, 1.165) is 5.69 Å². The van der Waals surface area contributed by atoms with Crippen LogP contribution < -0.4 is 5.32 Å². The first-order valence-corrected chi connectivity index (χ1v) is 7.25. The number of nitrogens with one attached hydrogen (secondary N) is 1. The lowest BCUT2D eigenvalue weighted by Crippen LogP contribution is -2.39. The van der Waals surface area contributed by atoms with Crippen molar-refractivity contribution in [2.24, 2.45) is 0 Å². The van der Waals surface area contributed by atoms with Crippen LogP contribution in [0.3, 0.4) is 0 Å². The summed E-state index contributed by atoms with van der Waals surface area (Å²) in [7, 11) is 3.35. The molecule has 2 heterocycles. The number of urea groups is 1. The molecule has 1 N–H and O–H groups in total. The predicted molar refractivity (Wildman–Crippen MR) is 82.3 cm³/mol. The lowest BCUT2D eigenvalue weighted by atomic mass is 10.2. The highest BCUT2D eigenvalue weighted by atomic mass is 16.5. The van der Waals surface area contributed by atoms with Crippen LogP contribution in [0, 0.1) is 0 Å². The Hall–Kier alpha value is -2.55. The van der Waals surface area contributed by atoms with Gasteiger partial charge in [0, 0.05) is 26.9 Å². The van der Waals surface area contributed by atoms with Crippen LogP contribution in [0.1, 0.15) is 24.5 Å². The Labute approximate surface area is 134 Å².